The van der Waals surface area contributed by atoms with Crippen molar-refractivity contribution >= 4 is 5.78 Å². The van der Waals surface area contributed by atoms with Crippen LogP contribution in [0.4, 0.5) is 0 Å². The zero-order chi connectivity index (χ0) is 12.1. The van der Waals surface area contributed by atoms with E-state index >= 15 is 0 Å². The van der Waals surface area contributed by atoms with Crippen LogP contribution in [0.25, 0.3) is 0 Å². The number of rotatable bonds is 4. The molecule has 0 spiro atoms. The van der Waals surface area contributed by atoms with Gasteiger partial charge in [-0.1, -0.05) is 23.8 Å². The van der Waals surface area contributed by atoms with Gasteiger partial charge < -0.3 is 5.32 Å². The molecule has 0 aliphatic carbocycles. The average Bonchev–Trinajstić information content (AvgIpc) is 2.37. The van der Waals surface area contributed by atoms with Crippen LogP contribution in [0.3, 0.4) is 0 Å². The number of hydrogen-bond donors (Lipinski definition) is 1. The molecule has 0 amide bonds. The minimum Gasteiger partial charge on any atom is -0.317 e. The topological polar surface area (TPSA) is 29.1 Å². The molecule has 0 aromatic heterocycles. The van der Waals surface area contributed by atoms with E-state index in [1.807, 2.05) is 31.2 Å². The molecule has 92 valence electrons. The summed E-state index contributed by atoms with van der Waals surface area (Å²) in [7, 11) is 0. The van der Waals surface area contributed by atoms with Crippen molar-refractivity contribution < 1.29 is 4.79 Å². The molecule has 1 N–H and O–H groups in total. The van der Waals surface area contributed by atoms with Gasteiger partial charge in [-0.05, 0) is 51.3 Å². The first-order valence-electron chi connectivity index (χ1n) is 6.56. The summed E-state index contributed by atoms with van der Waals surface area (Å²) in [5, 5.41) is 3.36. The van der Waals surface area contributed by atoms with Gasteiger partial charge in [-0.2, -0.15) is 0 Å². The van der Waals surface area contributed by atoms with Crippen LogP contribution in [0, 0.1) is 12.8 Å². The standard InChI is InChI=1S/C15H21NO/c1-12-3-2-4-14(11-12)15(17)6-5-13-7-9-16-10-8-13/h2-4,11,13,16H,5-10H2,1H3. The maximum atomic E-state index is 12.0. The second-order valence-electron chi connectivity index (χ2n) is 5.02. The van der Waals surface area contributed by atoms with E-state index in [2.05, 4.69) is 5.32 Å². The molecule has 0 bridgehead atoms. The van der Waals surface area contributed by atoms with E-state index in [9.17, 15) is 4.79 Å². The van der Waals surface area contributed by atoms with Gasteiger partial charge in [0.15, 0.2) is 5.78 Å². The Morgan fingerprint density at radius 1 is 1.35 bits per heavy atom. The molecule has 17 heavy (non-hydrogen) atoms. The summed E-state index contributed by atoms with van der Waals surface area (Å²) < 4.78 is 0. The van der Waals surface area contributed by atoms with E-state index in [0.29, 0.717) is 12.2 Å². The molecule has 2 nitrogen and oxygen atoms in total. The van der Waals surface area contributed by atoms with Gasteiger partial charge in [0.2, 0.25) is 0 Å². The fourth-order valence-electron chi connectivity index (χ4n) is 2.47. The molecule has 1 saturated heterocycles. The molecule has 1 fully saturated rings. The molecule has 1 aromatic carbocycles. The number of carbonyl (C=O) groups is 1. The first-order valence-corrected chi connectivity index (χ1v) is 6.56. The monoisotopic (exact) mass is 231 g/mol. The normalized spacial score (nSPS) is 17.0. The molecule has 2 heteroatoms. The van der Waals surface area contributed by atoms with Gasteiger partial charge in [-0.3, -0.25) is 4.79 Å². The molecule has 2 rings (SSSR count). The molecular weight excluding hydrogens is 210 g/mol. The van der Waals surface area contributed by atoms with E-state index in [0.717, 1.165) is 36.6 Å². The van der Waals surface area contributed by atoms with E-state index in [4.69, 9.17) is 0 Å². The van der Waals surface area contributed by atoms with Gasteiger partial charge in [-0.25, -0.2) is 0 Å². The highest BCUT2D eigenvalue weighted by Crippen LogP contribution is 2.19. The van der Waals surface area contributed by atoms with Crippen LogP contribution >= 0.6 is 0 Å². The Kier molecular flexibility index (Phi) is 4.32. The van der Waals surface area contributed by atoms with E-state index < -0.39 is 0 Å². The quantitative estimate of drug-likeness (QED) is 0.807. The summed E-state index contributed by atoms with van der Waals surface area (Å²) in [4.78, 5) is 12.0. The Hall–Kier alpha value is -1.15. The van der Waals surface area contributed by atoms with Crippen LogP contribution in [0.15, 0.2) is 24.3 Å². The van der Waals surface area contributed by atoms with Crippen molar-refractivity contribution in [2.24, 2.45) is 5.92 Å². The lowest BCUT2D eigenvalue weighted by molar-refractivity contribution is 0.0970. The van der Waals surface area contributed by atoms with Gasteiger partial charge in [0, 0.05) is 12.0 Å². The first kappa shape index (κ1) is 12.3. The van der Waals surface area contributed by atoms with Crippen molar-refractivity contribution in [2.45, 2.75) is 32.6 Å². The Morgan fingerprint density at radius 3 is 2.82 bits per heavy atom. The van der Waals surface area contributed by atoms with Crippen LogP contribution in [-0.2, 0) is 0 Å². The number of carbonyl (C=O) groups excluding carboxylic acids is 1. The fraction of sp³-hybridized carbons (Fsp3) is 0.533. The van der Waals surface area contributed by atoms with Gasteiger partial charge in [-0.15, -0.1) is 0 Å². The highest BCUT2D eigenvalue weighted by atomic mass is 16.1. The van der Waals surface area contributed by atoms with Crippen LogP contribution in [0.5, 0.6) is 0 Å². The molecule has 1 aliphatic heterocycles. The van der Waals surface area contributed by atoms with Crippen LogP contribution in [0.1, 0.15) is 41.6 Å². The number of benzene rings is 1. The van der Waals surface area contributed by atoms with E-state index in [-0.39, 0.29) is 0 Å². The molecule has 0 unspecified atom stereocenters. The molecule has 1 heterocycles. The van der Waals surface area contributed by atoms with Crippen molar-refractivity contribution in [1.29, 1.82) is 0 Å². The van der Waals surface area contributed by atoms with Crippen molar-refractivity contribution in [3.05, 3.63) is 35.4 Å². The zero-order valence-electron chi connectivity index (χ0n) is 10.5. The summed E-state index contributed by atoms with van der Waals surface area (Å²) in [5.74, 6) is 1.04. The van der Waals surface area contributed by atoms with Gasteiger partial charge in [0.25, 0.3) is 0 Å². The molecule has 0 radical (unpaired) electrons. The van der Waals surface area contributed by atoms with Crippen molar-refractivity contribution in [3.63, 3.8) is 0 Å². The summed E-state index contributed by atoms with van der Waals surface area (Å²) in [6.45, 7) is 4.26. The number of nitrogens with one attached hydrogen (secondary N) is 1. The minimum atomic E-state index is 0.298. The third kappa shape index (κ3) is 3.67. The second-order valence-corrected chi connectivity index (χ2v) is 5.02. The molecule has 1 aromatic rings. The third-order valence-corrected chi connectivity index (χ3v) is 3.58. The fourth-order valence-corrected chi connectivity index (χ4v) is 2.47. The summed E-state index contributed by atoms with van der Waals surface area (Å²) in [6.07, 6.45) is 4.20. The predicted octanol–water partition coefficient (Wildman–Crippen LogP) is 2.96. The summed E-state index contributed by atoms with van der Waals surface area (Å²) >= 11 is 0. The lowest BCUT2D eigenvalue weighted by Crippen LogP contribution is -2.27. The van der Waals surface area contributed by atoms with Crippen molar-refractivity contribution in [2.75, 3.05) is 13.1 Å². The van der Waals surface area contributed by atoms with Crippen LogP contribution in [-0.4, -0.2) is 18.9 Å². The van der Waals surface area contributed by atoms with Gasteiger partial charge >= 0.3 is 0 Å². The number of Topliss-reactive ketones (excluding diaryl/α,β-unsaturated/α-hetero) is 1. The maximum Gasteiger partial charge on any atom is 0.162 e. The van der Waals surface area contributed by atoms with Crippen molar-refractivity contribution in [1.82, 2.24) is 5.32 Å². The van der Waals surface area contributed by atoms with Gasteiger partial charge in [0.05, 0.1) is 0 Å². The second kappa shape index (κ2) is 5.97. The van der Waals surface area contributed by atoms with Crippen LogP contribution < -0.4 is 5.32 Å². The van der Waals surface area contributed by atoms with E-state index in [1.54, 1.807) is 0 Å². The molecule has 0 atom stereocenters. The number of piperidine rings is 1. The highest BCUT2D eigenvalue weighted by molar-refractivity contribution is 5.96. The molecule has 0 saturated carbocycles. The SMILES string of the molecule is Cc1cccc(C(=O)CCC2CCNCC2)c1. The smallest absolute Gasteiger partial charge is 0.162 e. The summed E-state index contributed by atoms with van der Waals surface area (Å²) in [5.41, 5.74) is 2.04. The third-order valence-electron chi connectivity index (χ3n) is 3.58. The number of ketones is 1. The summed E-state index contributed by atoms with van der Waals surface area (Å²) in [6, 6.07) is 7.92. The maximum absolute atomic E-state index is 12.0. The Bertz CT molecular complexity index is 380. The first-order chi connectivity index (χ1) is 8.25. The van der Waals surface area contributed by atoms with E-state index in [1.165, 1.54) is 12.8 Å². The van der Waals surface area contributed by atoms with Crippen LogP contribution in [0.2, 0.25) is 0 Å². The lowest BCUT2D eigenvalue weighted by Gasteiger charge is -2.22. The highest BCUT2D eigenvalue weighted by Gasteiger charge is 2.15. The zero-order valence-corrected chi connectivity index (χ0v) is 10.5. The number of aryl methyl sites for hydroxylation is 1. The number of hydrogen-bond acceptors (Lipinski definition) is 2. The average molecular weight is 231 g/mol. The molecular formula is C15H21NO. The Balaban J connectivity index is 1.84. The largest absolute Gasteiger partial charge is 0.317 e. The van der Waals surface area contributed by atoms with Gasteiger partial charge in [0.1, 0.15) is 0 Å². The molecule has 1 aliphatic rings. The minimum absolute atomic E-state index is 0.298. The van der Waals surface area contributed by atoms with Crippen molar-refractivity contribution in [3.8, 4) is 0 Å². The Labute approximate surface area is 103 Å². The predicted molar refractivity (Wildman–Crippen MR) is 70.3 cm³/mol. The Morgan fingerprint density at radius 2 is 2.12 bits per heavy atom. The lowest BCUT2D eigenvalue weighted by atomic mass is 9.91.